The van der Waals surface area contributed by atoms with E-state index in [1.165, 1.54) is 11.9 Å². The first kappa shape index (κ1) is 31.3. The van der Waals surface area contributed by atoms with Gasteiger partial charge in [0.15, 0.2) is 0 Å². The molecule has 3 heterocycles. The molecule has 0 bridgehead atoms. The van der Waals surface area contributed by atoms with E-state index in [0.29, 0.717) is 68.3 Å². The van der Waals surface area contributed by atoms with Crippen LogP contribution in [0.1, 0.15) is 24.7 Å². The van der Waals surface area contributed by atoms with Crippen molar-refractivity contribution in [2.75, 3.05) is 70.8 Å². The molecule has 0 saturated carbocycles. The first-order valence-electron chi connectivity index (χ1n) is 14.0. The number of nitrogens with two attached hydrogens (primary N) is 2. The van der Waals surface area contributed by atoms with Gasteiger partial charge in [0.2, 0.25) is 47.5 Å². The van der Waals surface area contributed by atoms with Gasteiger partial charge in [-0.1, -0.05) is 30.3 Å². The molecular weight excluding hydrogens is 566 g/mol. The van der Waals surface area contributed by atoms with Gasteiger partial charge in [-0.2, -0.15) is 34.9 Å². The van der Waals surface area contributed by atoms with E-state index in [-0.39, 0.29) is 30.3 Å². The van der Waals surface area contributed by atoms with Crippen molar-refractivity contribution >= 4 is 47.5 Å². The Morgan fingerprint density at radius 1 is 0.682 bits per heavy atom. The quantitative estimate of drug-likeness (QED) is 0.0755. The van der Waals surface area contributed by atoms with Gasteiger partial charge in [0.1, 0.15) is 12.2 Å². The number of amides is 1. The lowest BCUT2D eigenvalue weighted by Gasteiger charge is -2.14. The highest BCUT2D eigenvalue weighted by Gasteiger charge is 2.10. The average Bonchev–Trinajstić information content (AvgIpc) is 2.98. The Labute approximate surface area is 254 Å². The number of nitrogen functional groups attached to an aromatic ring is 2. The maximum atomic E-state index is 12.4. The summed E-state index contributed by atoms with van der Waals surface area (Å²) >= 11 is 0. The topological polar surface area (TPSA) is 257 Å². The molecule has 0 aliphatic rings. The minimum atomic E-state index is -0.0460. The fourth-order valence-electron chi connectivity index (χ4n) is 3.94. The molecule has 0 saturated heterocycles. The second kappa shape index (κ2) is 16.1. The van der Waals surface area contributed by atoms with Gasteiger partial charge in [0, 0.05) is 45.2 Å². The SMILES string of the molecule is Cc1nc(NCCNc2nc(N)nc(NCCNc3ncnc(N)n3)n2)nc(NCCC(=O)NC(C)Cc2ccccc2)n1. The van der Waals surface area contributed by atoms with Crippen LogP contribution in [0.4, 0.5) is 41.6 Å². The molecule has 18 heteroatoms. The largest absolute Gasteiger partial charge is 0.368 e. The normalized spacial score (nSPS) is 11.3. The number of carbonyl (C=O) groups excluding carboxylic acids is 1. The minimum Gasteiger partial charge on any atom is -0.368 e. The predicted molar refractivity (Wildman–Crippen MR) is 168 cm³/mol. The Bertz CT molecular complexity index is 1490. The molecule has 0 fully saturated rings. The highest BCUT2D eigenvalue weighted by Crippen LogP contribution is 2.08. The lowest BCUT2D eigenvalue weighted by atomic mass is 10.1. The van der Waals surface area contributed by atoms with Crippen molar-refractivity contribution in [2.45, 2.75) is 32.7 Å². The summed E-state index contributed by atoms with van der Waals surface area (Å²) in [5.41, 5.74) is 12.6. The predicted octanol–water partition coefficient (Wildman–Crippen LogP) is 0.312. The van der Waals surface area contributed by atoms with Crippen LogP contribution < -0.4 is 43.4 Å². The Morgan fingerprint density at radius 2 is 1.20 bits per heavy atom. The third kappa shape index (κ3) is 11.0. The molecule has 0 spiro atoms. The van der Waals surface area contributed by atoms with E-state index in [9.17, 15) is 4.79 Å². The van der Waals surface area contributed by atoms with Crippen LogP contribution in [0.5, 0.6) is 0 Å². The second-order valence-electron chi connectivity index (χ2n) is 9.58. The minimum absolute atomic E-state index is 0.0298. The molecule has 0 radical (unpaired) electrons. The molecule has 3 aromatic heterocycles. The molecule has 0 aliphatic carbocycles. The van der Waals surface area contributed by atoms with Crippen molar-refractivity contribution in [3.63, 3.8) is 0 Å². The molecule has 1 aromatic carbocycles. The van der Waals surface area contributed by atoms with E-state index >= 15 is 0 Å². The highest BCUT2D eigenvalue weighted by atomic mass is 16.1. The van der Waals surface area contributed by atoms with Crippen LogP contribution in [0, 0.1) is 6.92 Å². The molecule has 10 N–H and O–H groups in total. The van der Waals surface area contributed by atoms with Crippen molar-refractivity contribution in [1.29, 1.82) is 0 Å². The van der Waals surface area contributed by atoms with Gasteiger partial charge in [-0.25, -0.2) is 9.97 Å². The fraction of sp³-hybridized carbons (Fsp3) is 0.385. The van der Waals surface area contributed by atoms with Gasteiger partial charge in [-0.15, -0.1) is 0 Å². The number of hydrogen-bond donors (Lipinski definition) is 8. The summed E-state index contributed by atoms with van der Waals surface area (Å²) < 4.78 is 0. The number of hydrogen-bond acceptors (Lipinski definition) is 17. The first-order valence-corrected chi connectivity index (χ1v) is 14.0. The van der Waals surface area contributed by atoms with Crippen LogP contribution in [0.25, 0.3) is 0 Å². The molecule has 44 heavy (non-hydrogen) atoms. The zero-order chi connectivity index (χ0) is 31.1. The van der Waals surface area contributed by atoms with Crippen molar-refractivity contribution in [1.82, 2.24) is 50.2 Å². The number of aromatic nitrogens is 9. The number of rotatable bonds is 17. The summed E-state index contributed by atoms with van der Waals surface area (Å²) in [4.78, 5) is 49.6. The lowest BCUT2D eigenvalue weighted by Crippen LogP contribution is -2.35. The summed E-state index contributed by atoms with van der Waals surface area (Å²) in [5, 5.41) is 18.4. The van der Waals surface area contributed by atoms with Crippen LogP contribution in [-0.2, 0) is 11.2 Å². The number of nitrogens with zero attached hydrogens (tertiary/aromatic N) is 9. The fourth-order valence-corrected chi connectivity index (χ4v) is 3.94. The smallest absolute Gasteiger partial charge is 0.229 e. The van der Waals surface area contributed by atoms with Crippen molar-refractivity contribution < 1.29 is 4.79 Å². The zero-order valence-electron chi connectivity index (χ0n) is 24.6. The third-order valence-electron chi connectivity index (χ3n) is 5.80. The third-order valence-corrected chi connectivity index (χ3v) is 5.80. The maximum absolute atomic E-state index is 12.4. The number of nitrogens with one attached hydrogen (secondary N) is 6. The van der Waals surface area contributed by atoms with E-state index in [1.54, 1.807) is 6.92 Å². The number of aryl methyl sites for hydroxylation is 1. The Hall–Kier alpha value is -5.68. The van der Waals surface area contributed by atoms with Crippen LogP contribution in [0.2, 0.25) is 0 Å². The average molecular weight is 604 g/mol. The van der Waals surface area contributed by atoms with Crippen molar-refractivity contribution in [3.05, 3.63) is 48.0 Å². The molecule has 1 unspecified atom stereocenters. The molecule has 18 nitrogen and oxygen atoms in total. The molecule has 0 aliphatic heterocycles. The van der Waals surface area contributed by atoms with Gasteiger partial charge in [-0.3, -0.25) is 4.79 Å². The number of benzene rings is 1. The second-order valence-corrected chi connectivity index (χ2v) is 9.58. The Morgan fingerprint density at radius 3 is 1.80 bits per heavy atom. The maximum Gasteiger partial charge on any atom is 0.229 e. The van der Waals surface area contributed by atoms with E-state index in [2.05, 4.69) is 76.8 Å². The molecule has 1 amide bonds. The van der Waals surface area contributed by atoms with Crippen LogP contribution in [-0.4, -0.2) is 89.5 Å². The van der Waals surface area contributed by atoms with Crippen molar-refractivity contribution in [3.8, 4) is 0 Å². The summed E-state index contributed by atoms with van der Waals surface area (Å²) in [6, 6.07) is 10.1. The van der Waals surface area contributed by atoms with Gasteiger partial charge < -0.3 is 43.4 Å². The lowest BCUT2D eigenvalue weighted by molar-refractivity contribution is -0.121. The monoisotopic (exact) mass is 603 g/mol. The van der Waals surface area contributed by atoms with E-state index in [0.717, 1.165) is 6.42 Å². The molecule has 4 aromatic rings. The summed E-state index contributed by atoms with van der Waals surface area (Å²) in [6.45, 7) is 5.98. The van der Waals surface area contributed by atoms with Gasteiger partial charge in [-0.05, 0) is 25.8 Å². The van der Waals surface area contributed by atoms with Crippen LogP contribution in [0.15, 0.2) is 36.7 Å². The van der Waals surface area contributed by atoms with E-state index in [1.807, 2.05) is 37.3 Å². The van der Waals surface area contributed by atoms with Crippen LogP contribution in [0.3, 0.4) is 0 Å². The standard InChI is InChI=1S/C26H37N17O/c1-16(14-18-6-4-3-5-7-18)36-19(44)8-9-29-23-37-17(2)38-24(42-23)31-12-13-33-26-41-21(28)40-25(43-26)32-11-10-30-22-35-15-34-20(27)39-22/h3-7,15-16H,8-14H2,1-2H3,(H,36,44)(H3,27,30,34,35,39)(H2,29,31,37,38,42)(H4,28,32,33,40,41,43). The number of anilines is 7. The first-order chi connectivity index (χ1) is 21.3. The molecule has 232 valence electrons. The highest BCUT2D eigenvalue weighted by molar-refractivity contribution is 5.76. The molecule has 4 rings (SSSR count). The zero-order valence-corrected chi connectivity index (χ0v) is 24.6. The van der Waals surface area contributed by atoms with Gasteiger partial charge in [0.05, 0.1) is 0 Å². The summed E-state index contributed by atoms with van der Waals surface area (Å²) in [5.74, 6) is 2.46. The summed E-state index contributed by atoms with van der Waals surface area (Å²) in [7, 11) is 0. The van der Waals surface area contributed by atoms with Gasteiger partial charge in [0.25, 0.3) is 0 Å². The van der Waals surface area contributed by atoms with Crippen molar-refractivity contribution in [2.24, 2.45) is 0 Å². The summed E-state index contributed by atoms with van der Waals surface area (Å²) in [6.07, 6.45) is 2.38. The Kier molecular flexibility index (Phi) is 11.4. The Balaban J connectivity index is 1.15. The van der Waals surface area contributed by atoms with Gasteiger partial charge >= 0.3 is 0 Å². The number of carbonyl (C=O) groups is 1. The van der Waals surface area contributed by atoms with E-state index in [4.69, 9.17) is 11.5 Å². The molecule has 1 atom stereocenters. The van der Waals surface area contributed by atoms with E-state index < -0.39 is 0 Å². The van der Waals surface area contributed by atoms with Crippen LogP contribution >= 0.6 is 0 Å². The molecular formula is C26H37N17O.